The van der Waals surface area contributed by atoms with E-state index in [2.05, 4.69) is 9.69 Å². The number of nitrogens with zero attached hydrogens (tertiary/aromatic N) is 1. The number of aromatic nitrogens is 1. The largest absolute Gasteiger partial charge is 0.490 e. The van der Waals surface area contributed by atoms with Crippen LogP contribution in [0.1, 0.15) is 25.7 Å². The lowest BCUT2D eigenvalue weighted by molar-refractivity contribution is 0.102. The number of benzene rings is 1. The predicted octanol–water partition coefficient (Wildman–Crippen LogP) is 2.81. The molecule has 1 aromatic heterocycles. The molecule has 2 aromatic rings. The molecule has 4 atom stereocenters. The van der Waals surface area contributed by atoms with Gasteiger partial charge in [0.1, 0.15) is 18.5 Å². The minimum Gasteiger partial charge on any atom is -0.490 e. The van der Waals surface area contributed by atoms with Gasteiger partial charge in [-0.1, -0.05) is 12.5 Å². The second-order valence-corrected chi connectivity index (χ2v) is 7.48. The third-order valence-electron chi connectivity index (χ3n) is 5.14. The number of aliphatic hydroxyl groups excluding tert-OH is 1. The van der Waals surface area contributed by atoms with Gasteiger partial charge in [0.2, 0.25) is 0 Å². The van der Waals surface area contributed by atoms with Gasteiger partial charge >= 0.3 is 0 Å². The Kier molecular flexibility index (Phi) is 4.03. The monoisotopic (exact) mass is 318 g/mol. The summed E-state index contributed by atoms with van der Waals surface area (Å²) in [5.41, 5.74) is 0. The molecule has 0 amide bonds. The lowest BCUT2D eigenvalue weighted by Gasteiger charge is -2.24. The third kappa shape index (κ3) is 2.85. The highest BCUT2D eigenvalue weighted by Crippen LogP contribution is 2.44. The molecule has 118 valence electrons. The summed E-state index contributed by atoms with van der Waals surface area (Å²) in [5.74, 6) is 2.58. The van der Waals surface area contributed by atoms with Gasteiger partial charge in [0.05, 0.1) is 16.3 Å². The third-order valence-corrected chi connectivity index (χ3v) is 5.91. The van der Waals surface area contributed by atoms with Crippen LogP contribution in [-0.2, 0) is 0 Å². The van der Waals surface area contributed by atoms with Crippen LogP contribution < -0.4 is 10.1 Å². The Morgan fingerprint density at radius 3 is 3.14 bits per heavy atom. The van der Waals surface area contributed by atoms with E-state index in [0.717, 1.165) is 27.7 Å². The Bertz CT molecular complexity index is 644. The number of nitrogens with one attached hydrogen (secondary N) is 1. The molecule has 2 bridgehead atoms. The average molecular weight is 318 g/mol. The van der Waals surface area contributed by atoms with Crippen molar-refractivity contribution in [2.45, 2.75) is 37.8 Å². The second kappa shape index (κ2) is 6.14. The van der Waals surface area contributed by atoms with Gasteiger partial charge in [-0.05, 0) is 54.8 Å². The van der Waals surface area contributed by atoms with Crippen molar-refractivity contribution in [3.63, 3.8) is 0 Å². The van der Waals surface area contributed by atoms with Crippen LogP contribution in [0.25, 0.3) is 10.1 Å². The van der Waals surface area contributed by atoms with E-state index in [1.54, 1.807) is 0 Å². The summed E-state index contributed by atoms with van der Waals surface area (Å²) in [4.78, 5) is 0. The fourth-order valence-corrected chi connectivity index (χ4v) is 4.68. The van der Waals surface area contributed by atoms with E-state index in [1.807, 2.05) is 24.4 Å². The van der Waals surface area contributed by atoms with Crippen LogP contribution in [0.4, 0.5) is 0 Å². The molecule has 5 heteroatoms. The van der Waals surface area contributed by atoms with Gasteiger partial charge in [-0.3, -0.25) is 0 Å². The van der Waals surface area contributed by atoms with Crippen molar-refractivity contribution >= 4 is 21.6 Å². The zero-order valence-corrected chi connectivity index (χ0v) is 13.4. The van der Waals surface area contributed by atoms with Crippen LogP contribution in [-0.4, -0.2) is 34.8 Å². The van der Waals surface area contributed by atoms with E-state index in [1.165, 1.54) is 37.2 Å². The van der Waals surface area contributed by atoms with Gasteiger partial charge in [0, 0.05) is 12.6 Å². The van der Waals surface area contributed by atoms with Crippen LogP contribution >= 0.6 is 11.5 Å². The number of rotatable bonds is 6. The normalized spacial score (nSPS) is 28.3. The average Bonchev–Trinajstić information content (AvgIpc) is 3.26. The van der Waals surface area contributed by atoms with Crippen molar-refractivity contribution in [2.75, 3.05) is 13.2 Å². The van der Waals surface area contributed by atoms with E-state index in [9.17, 15) is 5.11 Å². The quantitative estimate of drug-likeness (QED) is 0.860. The molecular weight excluding hydrogens is 296 g/mol. The Labute approximate surface area is 134 Å². The van der Waals surface area contributed by atoms with Gasteiger partial charge in [-0.15, -0.1) is 0 Å². The Morgan fingerprint density at radius 2 is 2.32 bits per heavy atom. The van der Waals surface area contributed by atoms with E-state index in [4.69, 9.17) is 4.74 Å². The van der Waals surface area contributed by atoms with E-state index >= 15 is 0 Å². The predicted molar refractivity (Wildman–Crippen MR) is 88.4 cm³/mol. The first kappa shape index (κ1) is 14.4. The number of ether oxygens (including phenoxy) is 1. The fourth-order valence-electron chi connectivity index (χ4n) is 4.02. The zero-order chi connectivity index (χ0) is 14.9. The number of aliphatic hydroxyl groups is 1. The molecule has 0 spiro atoms. The molecule has 2 aliphatic carbocycles. The first-order valence-electron chi connectivity index (χ1n) is 8.17. The lowest BCUT2D eigenvalue weighted by atomic mass is 9.95. The molecule has 1 unspecified atom stereocenters. The molecule has 22 heavy (non-hydrogen) atoms. The molecule has 1 aromatic carbocycles. The summed E-state index contributed by atoms with van der Waals surface area (Å²) in [7, 11) is 0. The molecule has 4 nitrogen and oxygen atoms in total. The summed E-state index contributed by atoms with van der Waals surface area (Å²) < 4.78 is 11.1. The standard InChI is InChI=1S/C17H22N2O2S/c20-13(8-18-15-7-11-4-5-12(15)6-11)10-21-16-2-1-3-17-14(16)9-19-22-17/h1-3,9,11-13,15,18,20H,4-8,10H2/t11-,12+,13?,15+/m1/s1. The maximum Gasteiger partial charge on any atom is 0.129 e. The highest BCUT2D eigenvalue weighted by Gasteiger charge is 2.39. The van der Waals surface area contributed by atoms with Crippen LogP contribution in [0.15, 0.2) is 24.4 Å². The van der Waals surface area contributed by atoms with Crippen molar-refractivity contribution in [1.82, 2.24) is 9.69 Å². The highest BCUT2D eigenvalue weighted by atomic mass is 32.1. The summed E-state index contributed by atoms with van der Waals surface area (Å²) >= 11 is 1.46. The van der Waals surface area contributed by atoms with Crippen LogP contribution in [0.3, 0.4) is 0 Å². The van der Waals surface area contributed by atoms with Gasteiger partial charge in [-0.25, -0.2) is 0 Å². The Balaban J connectivity index is 1.27. The summed E-state index contributed by atoms with van der Waals surface area (Å²) in [5, 5.41) is 14.7. The molecule has 2 N–H and O–H groups in total. The Hall–Kier alpha value is -1.17. The summed E-state index contributed by atoms with van der Waals surface area (Å²) in [6.07, 6.45) is 6.81. The maximum absolute atomic E-state index is 10.2. The lowest BCUT2D eigenvalue weighted by Crippen LogP contribution is -2.40. The fraction of sp³-hybridized carbons (Fsp3) is 0.588. The van der Waals surface area contributed by atoms with E-state index < -0.39 is 6.10 Å². The number of hydrogen-bond acceptors (Lipinski definition) is 5. The van der Waals surface area contributed by atoms with Crippen LogP contribution in [0, 0.1) is 11.8 Å². The van der Waals surface area contributed by atoms with Crippen molar-refractivity contribution < 1.29 is 9.84 Å². The van der Waals surface area contributed by atoms with Gasteiger partial charge in [-0.2, -0.15) is 4.37 Å². The molecule has 2 aliphatic rings. The number of fused-ring (bicyclic) bond motifs is 3. The molecule has 2 fully saturated rings. The second-order valence-electron chi connectivity index (χ2n) is 6.65. The van der Waals surface area contributed by atoms with Crippen molar-refractivity contribution in [3.05, 3.63) is 24.4 Å². The molecule has 4 rings (SSSR count). The topological polar surface area (TPSA) is 54.4 Å². The minimum absolute atomic E-state index is 0.322. The molecule has 1 heterocycles. The van der Waals surface area contributed by atoms with Gasteiger partial charge in [0.25, 0.3) is 0 Å². The van der Waals surface area contributed by atoms with E-state index in [-0.39, 0.29) is 0 Å². The van der Waals surface area contributed by atoms with Crippen molar-refractivity contribution in [3.8, 4) is 5.75 Å². The SMILES string of the molecule is OC(CN[C@H]1C[C@@H]2CC[C@H]1C2)COc1cccc2sncc12. The molecule has 0 radical (unpaired) electrons. The zero-order valence-electron chi connectivity index (χ0n) is 12.6. The smallest absolute Gasteiger partial charge is 0.129 e. The number of hydrogen-bond donors (Lipinski definition) is 2. The molecule has 0 aliphatic heterocycles. The first-order chi connectivity index (χ1) is 10.8. The molecule has 0 saturated heterocycles. The maximum atomic E-state index is 10.2. The molecule has 2 saturated carbocycles. The first-order valence-corrected chi connectivity index (χ1v) is 8.94. The minimum atomic E-state index is -0.471. The van der Waals surface area contributed by atoms with Gasteiger partial charge in [0.15, 0.2) is 0 Å². The molecular formula is C17H22N2O2S. The summed E-state index contributed by atoms with van der Waals surface area (Å²) in [6, 6.07) is 6.55. The van der Waals surface area contributed by atoms with Gasteiger partial charge < -0.3 is 15.2 Å². The van der Waals surface area contributed by atoms with Crippen LogP contribution in [0.5, 0.6) is 5.75 Å². The van der Waals surface area contributed by atoms with Crippen molar-refractivity contribution in [2.24, 2.45) is 11.8 Å². The summed E-state index contributed by atoms with van der Waals surface area (Å²) in [6.45, 7) is 0.939. The Morgan fingerprint density at radius 1 is 1.36 bits per heavy atom. The van der Waals surface area contributed by atoms with E-state index in [0.29, 0.717) is 19.2 Å². The highest BCUT2D eigenvalue weighted by molar-refractivity contribution is 7.13. The van der Waals surface area contributed by atoms with Crippen LogP contribution in [0.2, 0.25) is 0 Å². The van der Waals surface area contributed by atoms with Crippen molar-refractivity contribution in [1.29, 1.82) is 0 Å².